The van der Waals surface area contributed by atoms with E-state index in [4.69, 9.17) is 27.9 Å². The molecule has 2 aromatic heterocycles. The summed E-state index contributed by atoms with van der Waals surface area (Å²) in [4.78, 5) is 24.3. The van der Waals surface area contributed by atoms with Gasteiger partial charge in [-0.1, -0.05) is 23.2 Å². The van der Waals surface area contributed by atoms with E-state index in [1.54, 1.807) is 37.4 Å². The van der Waals surface area contributed by atoms with E-state index in [0.29, 0.717) is 27.4 Å². The van der Waals surface area contributed by atoms with Gasteiger partial charge in [0.1, 0.15) is 5.56 Å². The molecule has 0 fully saturated rings. The fourth-order valence-corrected chi connectivity index (χ4v) is 2.79. The maximum Gasteiger partial charge on any atom is 0.341 e. The van der Waals surface area contributed by atoms with Crippen LogP contribution in [0.2, 0.25) is 10.0 Å². The Morgan fingerprint density at radius 3 is 2.72 bits per heavy atom. The van der Waals surface area contributed by atoms with Crippen molar-refractivity contribution in [1.29, 1.82) is 0 Å². The molecule has 0 radical (unpaired) electrons. The molecule has 0 saturated heterocycles. The summed E-state index contributed by atoms with van der Waals surface area (Å²) in [6.07, 6.45) is 3.06. The second kappa shape index (κ2) is 7.13. The molecule has 0 aliphatic rings. The molecular weight excluding hydrogens is 365 g/mol. The van der Waals surface area contributed by atoms with Gasteiger partial charge in [-0.2, -0.15) is 5.10 Å². The van der Waals surface area contributed by atoms with Gasteiger partial charge in [-0.25, -0.2) is 9.31 Å². The van der Waals surface area contributed by atoms with Crippen LogP contribution in [0.25, 0.3) is 5.52 Å². The molecule has 2 heterocycles. The lowest BCUT2D eigenvalue weighted by atomic mass is 10.2. The zero-order chi connectivity index (χ0) is 18.0. The Bertz CT molecular complexity index is 969. The van der Waals surface area contributed by atoms with Gasteiger partial charge >= 0.3 is 5.97 Å². The summed E-state index contributed by atoms with van der Waals surface area (Å²) in [5, 5.41) is 7.53. The Morgan fingerprint density at radius 1 is 1.20 bits per heavy atom. The van der Waals surface area contributed by atoms with Gasteiger partial charge in [-0.3, -0.25) is 4.79 Å². The highest BCUT2D eigenvalue weighted by atomic mass is 35.5. The van der Waals surface area contributed by atoms with Crippen LogP contribution in [0.3, 0.4) is 0 Å². The number of fused-ring (bicyclic) bond motifs is 1. The Labute approximate surface area is 153 Å². The highest BCUT2D eigenvalue weighted by Gasteiger charge is 2.15. The molecule has 3 aromatic rings. The van der Waals surface area contributed by atoms with E-state index in [0.717, 1.165) is 0 Å². The number of halogens is 2. The molecular formula is C17H13Cl2N3O3. The van der Waals surface area contributed by atoms with Crippen molar-refractivity contribution in [2.45, 2.75) is 6.92 Å². The van der Waals surface area contributed by atoms with E-state index in [9.17, 15) is 9.59 Å². The predicted molar refractivity (Wildman–Crippen MR) is 95.6 cm³/mol. The number of hydrogen-bond acceptors (Lipinski definition) is 4. The van der Waals surface area contributed by atoms with Crippen LogP contribution in [-0.4, -0.2) is 28.1 Å². The fraction of sp³-hybridized carbons (Fsp3) is 0.118. The zero-order valence-corrected chi connectivity index (χ0v) is 14.6. The van der Waals surface area contributed by atoms with Crippen molar-refractivity contribution in [2.75, 3.05) is 11.9 Å². The number of carbonyl (C=O) groups is 2. The van der Waals surface area contributed by atoms with Crippen molar-refractivity contribution in [2.24, 2.45) is 0 Å². The first-order chi connectivity index (χ1) is 12.0. The molecule has 6 nitrogen and oxygen atoms in total. The first kappa shape index (κ1) is 17.3. The van der Waals surface area contributed by atoms with Gasteiger partial charge in [-0.15, -0.1) is 0 Å². The number of esters is 1. The fourth-order valence-electron chi connectivity index (χ4n) is 2.30. The van der Waals surface area contributed by atoms with Crippen molar-refractivity contribution < 1.29 is 14.3 Å². The number of nitrogens with zero attached hydrogens (tertiary/aromatic N) is 2. The van der Waals surface area contributed by atoms with E-state index in [1.165, 1.54) is 16.8 Å². The summed E-state index contributed by atoms with van der Waals surface area (Å²) in [5.74, 6) is -0.857. The number of carbonyl (C=O) groups excluding carboxylic acids is 2. The van der Waals surface area contributed by atoms with Crippen LogP contribution in [0.5, 0.6) is 0 Å². The molecule has 0 aliphatic carbocycles. The summed E-state index contributed by atoms with van der Waals surface area (Å²) in [6, 6.07) is 7.93. The van der Waals surface area contributed by atoms with Crippen molar-refractivity contribution in [3.63, 3.8) is 0 Å². The first-order valence-electron chi connectivity index (χ1n) is 7.40. The second-order valence-electron chi connectivity index (χ2n) is 5.10. The molecule has 128 valence electrons. The minimum atomic E-state index is -0.471. The van der Waals surface area contributed by atoms with Crippen LogP contribution < -0.4 is 5.32 Å². The molecule has 1 amide bonds. The minimum absolute atomic E-state index is 0.252. The lowest BCUT2D eigenvalue weighted by Crippen LogP contribution is -2.12. The molecule has 0 saturated carbocycles. The smallest absolute Gasteiger partial charge is 0.341 e. The molecule has 3 rings (SSSR count). The van der Waals surface area contributed by atoms with Crippen molar-refractivity contribution in [1.82, 2.24) is 9.61 Å². The van der Waals surface area contributed by atoms with E-state index < -0.39 is 5.97 Å². The Hall–Kier alpha value is -2.57. The van der Waals surface area contributed by atoms with Crippen LogP contribution in [0.4, 0.5) is 5.69 Å². The topological polar surface area (TPSA) is 72.7 Å². The molecule has 1 aromatic carbocycles. The lowest BCUT2D eigenvalue weighted by molar-refractivity contribution is 0.0528. The van der Waals surface area contributed by atoms with Crippen LogP contribution >= 0.6 is 23.2 Å². The summed E-state index contributed by atoms with van der Waals surface area (Å²) in [6.45, 7) is 1.99. The van der Waals surface area contributed by atoms with E-state index in [2.05, 4.69) is 10.4 Å². The number of anilines is 1. The molecule has 0 aliphatic heterocycles. The van der Waals surface area contributed by atoms with Crippen molar-refractivity contribution in [3.8, 4) is 0 Å². The van der Waals surface area contributed by atoms with Crippen LogP contribution in [0, 0.1) is 0 Å². The summed E-state index contributed by atoms with van der Waals surface area (Å²) < 4.78 is 6.53. The second-order valence-corrected chi connectivity index (χ2v) is 5.95. The Kier molecular flexibility index (Phi) is 4.92. The normalized spacial score (nSPS) is 10.7. The predicted octanol–water partition coefficient (Wildman–Crippen LogP) is 4.07. The third kappa shape index (κ3) is 3.60. The first-order valence-corrected chi connectivity index (χ1v) is 8.16. The molecule has 0 spiro atoms. The molecule has 25 heavy (non-hydrogen) atoms. The molecule has 8 heteroatoms. The number of ether oxygens (including phenoxy) is 1. The number of rotatable bonds is 4. The van der Waals surface area contributed by atoms with Gasteiger partial charge < -0.3 is 10.1 Å². The number of hydrogen-bond donors (Lipinski definition) is 1. The van der Waals surface area contributed by atoms with Gasteiger partial charge in [0.15, 0.2) is 0 Å². The van der Waals surface area contributed by atoms with Gasteiger partial charge in [0.05, 0.1) is 28.9 Å². The van der Waals surface area contributed by atoms with E-state index in [1.807, 2.05) is 0 Å². The SMILES string of the molecule is CCOC(=O)c1cnn2ccc(NC(=O)c3ccc(Cl)cc3Cl)cc12. The monoisotopic (exact) mass is 377 g/mol. The maximum absolute atomic E-state index is 12.4. The van der Waals surface area contributed by atoms with Gasteiger partial charge in [0, 0.05) is 16.9 Å². The van der Waals surface area contributed by atoms with Crippen LogP contribution in [0.15, 0.2) is 42.7 Å². The number of aromatic nitrogens is 2. The third-order valence-corrected chi connectivity index (χ3v) is 4.00. The lowest BCUT2D eigenvalue weighted by Gasteiger charge is -2.08. The highest BCUT2D eigenvalue weighted by molar-refractivity contribution is 6.37. The average Bonchev–Trinajstić information content (AvgIpc) is 2.98. The number of benzene rings is 1. The molecule has 0 unspecified atom stereocenters. The summed E-state index contributed by atoms with van der Waals surface area (Å²) in [7, 11) is 0. The van der Waals surface area contributed by atoms with Crippen molar-refractivity contribution in [3.05, 3.63) is 63.9 Å². The van der Waals surface area contributed by atoms with E-state index >= 15 is 0 Å². The van der Waals surface area contributed by atoms with Crippen molar-refractivity contribution >= 4 is 46.3 Å². The standard InChI is InChI=1S/C17H13Cl2N3O3/c1-2-25-17(24)13-9-20-22-6-5-11(8-15(13)22)21-16(23)12-4-3-10(18)7-14(12)19/h3-9H,2H2,1H3,(H,21,23). The highest BCUT2D eigenvalue weighted by Crippen LogP contribution is 2.23. The summed E-state index contributed by atoms with van der Waals surface area (Å²) >= 11 is 11.9. The van der Waals surface area contributed by atoms with Gasteiger partial charge in [-0.05, 0) is 37.3 Å². The summed E-state index contributed by atoms with van der Waals surface area (Å²) in [5.41, 5.74) is 1.64. The maximum atomic E-state index is 12.4. The van der Waals surface area contributed by atoms with E-state index in [-0.39, 0.29) is 17.5 Å². The number of amides is 1. The average molecular weight is 378 g/mol. The largest absolute Gasteiger partial charge is 0.462 e. The van der Waals surface area contributed by atoms with Crippen LogP contribution in [0.1, 0.15) is 27.6 Å². The zero-order valence-electron chi connectivity index (χ0n) is 13.1. The quantitative estimate of drug-likeness (QED) is 0.695. The molecule has 1 N–H and O–H groups in total. The molecule has 0 atom stereocenters. The van der Waals surface area contributed by atoms with Gasteiger partial charge in [0.25, 0.3) is 5.91 Å². The van der Waals surface area contributed by atoms with Crippen LogP contribution in [-0.2, 0) is 4.74 Å². The Morgan fingerprint density at radius 2 is 2.00 bits per heavy atom. The Balaban J connectivity index is 1.90. The minimum Gasteiger partial charge on any atom is -0.462 e. The number of pyridine rings is 1. The van der Waals surface area contributed by atoms with Gasteiger partial charge in [0.2, 0.25) is 0 Å². The molecule has 0 bridgehead atoms. The third-order valence-electron chi connectivity index (χ3n) is 3.45. The number of nitrogens with one attached hydrogen (secondary N) is 1.